The lowest BCUT2D eigenvalue weighted by atomic mass is 9.64. The zero-order chi connectivity index (χ0) is 20.2. The zero-order valence-electron chi connectivity index (χ0n) is 17.0. The van der Waals surface area contributed by atoms with E-state index in [1.807, 2.05) is 18.2 Å². The quantitative estimate of drug-likeness (QED) is 0.353. The number of halogens is 2. The monoisotopic (exact) mass is 406 g/mol. The van der Waals surface area contributed by atoms with Gasteiger partial charge in [-0.25, -0.2) is 4.39 Å². The second-order valence-corrected chi connectivity index (χ2v) is 9.06. The Morgan fingerprint density at radius 3 is 2.45 bits per heavy atom. The van der Waals surface area contributed by atoms with Gasteiger partial charge in [0.25, 0.3) is 0 Å². The van der Waals surface area contributed by atoms with Crippen LogP contribution in [0.2, 0.25) is 5.02 Å². The lowest BCUT2D eigenvalue weighted by molar-refractivity contribution is 0.133. The normalized spacial score (nSPS) is 26.6. The van der Waals surface area contributed by atoms with Gasteiger partial charge in [0.15, 0.2) is 0 Å². The molecule has 0 spiro atoms. The molecular formula is C27H28ClF. The van der Waals surface area contributed by atoms with Crippen molar-refractivity contribution in [1.29, 1.82) is 0 Å². The molecule has 0 amide bonds. The second-order valence-electron chi connectivity index (χ2n) is 8.63. The first kappa shape index (κ1) is 20.2. The van der Waals surface area contributed by atoms with E-state index in [4.69, 9.17) is 11.6 Å². The second kappa shape index (κ2) is 9.19. The summed E-state index contributed by atoms with van der Waals surface area (Å²) in [5, 5.41) is 0.677. The van der Waals surface area contributed by atoms with Crippen LogP contribution in [0.15, 0.2) is 54.6 Å². The molecule has 2 aliphatic carbocycles. The number of hydrogen-bond acceptors (Lipinski definition) is 0. The Morgan fingerprint density at radius 1 is 0.931 bits per heavy atom. The average molecular weight is 407 g/mol. The minimum Gasteiger partial charge on any atom is -0.206 e. The van der Waals surface area contributed by atoms with Crippen molar-refractivity contribution in [2.45, 2.75) is 51.4 Å². The molecular weight excluding hydrogens is 379 g/mol. The molecule has 0 aliphatic heterocycles. The van der Waals surface area contributed by atoms with Crippen LogP contribution in [-0.2, 0) is 0 Å². The van der Waals surface area contributed by atoms with Gasteiger partial charge >= 0.3 is 0 Å². The van der Waals surface area contributed by atoms with Gasteiger partial charge in [-0.2, -0.15) is 0 Å². The van der Waals surface area contributed by atoms with Gasteiger partial charge in [-0.1, -0.05) is 41.7 Å². The fraction of sp³-hybridized carbons (Fsp3) is 0.407. The van der Waals surface area contributed by atoms with E-state index >= 15 is 0 Å². The molecule has 0 aromatic heterocycles. The fourth-order valence-electron chi connectivity index (χ4n) is 5.23. The first-order chi connectivity index (χ1) is 14.1. The predicted octanol–water partition coefficient (Wildman–Crippen LogP) is 7.76. The van der Waals surface area contributed by atoms with Crippen molar-refractivity contribution in [3.63, 3.8) is 0 Å². The van der Waals surface area contributed by atoms with E-state index in [2.05, 4.69) is 37.0 Å². The molecule has 2 aromatic rings. The molecule has 29 heavy (non-hydrogen) atoms. The minimum absolute atomic E-state index is 0.206. The number of fused-ring (bicyclic) bond motifs is 1. The standard InChI is InChI=1S/C27H28ClF/c1-2-3-20-5-9-23-17-24(13-12-22(23)16-20)25-11-10-21(27(29)18-25)8-4-19-6-14-26(28)15-7-19/h2-3,6-7,10-11,14-15,18,20,22-24H,5,9,12-13,16-17H2,1H3/b3-2+. The minimum atomic E-state index is -0.206. The number of benzene rings is 2. The molecule has 0 N–H and O–H groups in total. The smallest absolute Gasteiger partial charge is 0.139 e. The van der Waals surface area contributed by atoms with Crippen molar-refractivity contribution in [3.8, 4) is 11.8 Å². The van der Waals surface area contributed by atoms with Crippen LogP contribution in [0.25, 0.3) is 0 Å². The van der Waals surface area contributed by atoms with E-state index in [0.717, 1.165) is 28.9 Å². The highest BCUT2D eigenvalue weighted by Crippen LogP contribution is 2.47. The number of hydrogen-bond donors (Lipinski definition) is 0. The Kier molecular flexibility index (Phi) is 6.41. The lowest BCUT2D eigenvalue weighted by Crippen LogP contribution is -2.30. The van der Waals surface area contributed by atoms with Crippen molar-refractivity contribution in [1.82, 2.24) is 0 Å². The maximum absolute atomic E-state index is 14.7. The summed E-state index contributed by atoms with van der Waals surface area (Å²) in [6.45, 7) is 2.13. The van der Waals surface area contributed by atoms with Crippen LogP contribution in [-0.4, -0.2) is 0 Å². The SMILES string of the molecule is C/C=C/C1CCC2CC(c3ccc(C#Cc4ccc(Cl)cc4)c(F)c3)CCC2C1. The number of rotatable bonds is 2. The van der Waals surface area contributed by atoms with E-state index < -0.39 is 0 Å². The molecule has 0 radical (unpaired) electrons. The molecule has 0 saturated heterocycles. The van der Waals surface area contributed by atoms with Crippen LogP contribution in [0.5, 0.6) is 0 Å². The molecule has 2 fully saturated rings. The van der Waals surface area contributed by atoms with Crippen LogP contribution in [0, 0.1) is 35.4 Å². The van der Waals surface area contributed by atoms with Gasteiger partial charge in [-0.05, 0) is 111 Å². The molecule has 150 valence electrons. The van der Waals surface area contributed by atoms with Crippen molar-refractivity contribution in [3.05, 3.63) is 82.1 Å². The molecule has 2 heteroatoms. The molecule has 4 rings (SSSR count). The highest BCUT2D eigenvalue weighted by Gasteiger charge is 2.35. The van der Waals surface area contributed by atoms with E-state index in [0.29, 0.717) is 16.5 Å². The molecule has 4 atom stereocenters. The largest absolute Gasteiger partial charge is 0.206 e. The third kappa shape index (κ3) is 4.93. The maximum atomic E-state index is 14.7. The van der Waals surface area contributed by atoms with Crippen LogP contribution in [0.3, 0.4) is 0 Å². The molecule has 2 aromatic carbocycles. The van der Waals surface area contributed by atoms with Gasteiger partial charge in [0.05, 0.1) is 5.56 Å². The fourth-order valence-corrected chi connectivity index (χ4v) is 5.36. The van der Waals surface area contributed by atoms with Crippen LogP contribution in [0.1, 0.15) is 68.1 Å². The van der Waals surface area contributed by atoms with E-state index in [1.165, 1.54) is 38.5 Å². The molecule has 4 unspecified atom stereocenters. The Labute approximate surface area is 179 Å². The number of allylic oxidation sites excluding steroid dienone is 2. The highest BCUT2D eigenvalue weighted by atomic mass is 35.5. The molecule has 0 bridgehead atoms. The summed E-state index contributed by atoms with van der Waals surface area (Å²) in [6, 6.07) is 13.0. The summed E-state index contributed by atoms with van der Waals surface area (Å²) in [7, 11) is 0. The Balaban J connectivity index is 1.43. The Hall–Kier alpha value is -2.04. The van der Waals surface area contributed by atoms with Gasteiger partial charge in [0, 0.05) is 10.6 Å². The summed E-state index contributed by atoms with van der Waals surface area (Å²) < 4.78 is 14.7. The van der Waals surface area contributed by atoms with Crippen LogP contribution in [0.4, 0.5) is 4.39 Å². The van der Waals surface area contributed by atoms with Gasteiger partial charge in [-0.3, -0.25) is 0 Å². The van der Waals surface area contributed by atoms with Crippen LogP contribution < -0.4 is 0 Å². The molecule has 0 nitrogen and oxygen atoms in total. The first-order valence-electron chi connectivity index (χ1n) is 10.8. The summed E-state index contributed by atoms with van der Waals surface area (Å²) in [5.41, 5.74) is 2.45. The summed E-state index contributed by atoms with van der Waals surface area (Å²) >= 11 is 5.90. The summed E-state index contributed by atoms with van der Waals surface area (Å²) in [6.07, 6.45) is 12.2. The Morgan fingerprint density at radius 2 is 1.69 bits per heavy atom. The zero-order valence-corrected chi connectivity index (χ0v) is 17.8. The van der Waals surface area contributed by atoms with E-state index in [1.54, 1.807) is 18.2 Å². The molecule has 2 aliphatic rings. The van der Waals surface area contributed by atoms with Crippen molar-refractivity contribution < 1.29 is 4.39 Å². The van der Waals surface area contributed by atoms with E-state index in [-0.39, 0.29) is 5.82 Å². The lowest BCUT2D eigenvalue weighted by Gasteiger charge is -2.41. The van der Waals surface area contributed by atoms with Gasteiger partial charge < -0.3 is 0 Å². The van der Waals surface area contributed by atoms with Gasteiger partial charge in [0.2, 0.25) is 0 Å². The van der Waals surface area contributed by atoms with Crippen molar-refractivity contribution >= 4 is 11.6 Å². The summed E-state index contributed by atoms with van der Waals surface area (Å²) in [4.78, 5) is 0. The molecule has 0 heterocycles. The van der Waals surface area contributed by atoms with Crippen molar-refractivity contribution in [2.24, 2.45) is 17.8 Å². The predicted molar refractivity (Wildman–Crippen MR) is 120 cm³/mol. The third-order valence-corrected chi connectivity index (χ3v) is 7.02. The first-order valence-corrected chi connectivity index (χ1v) is 11.2. The molecule has 2 saturated carbocycles. The average Bonchev–Trinajstić information content (AvgIpc) is 2.74. The topological polar surface area (TPSA) is 0 Å². The summed E-state index contributed by atoms with van der Waals surface area (Å²) in [5.74, 6) is 8.71. The van der Waals surface area contributed by atoms with Crippen molar-refractivity contribution in [2.75, 3.05) is 0 Å². The Bertz CT molecular complexity index is 931. The van der Waals surface area contributed by atoms with E-state index in [9.17, 15) is 4.39 Å². The van der Waals surface area contributed by atoms with Crippen LogP contribution >= 0.6 is 11.6 Å². The third-order valence-electron chi connectivity index (χ3n) is 6.77. The van der Waals surface area contributed by atoms with Gasteiger partial charge in [0.1, 0.15) is 5.82 Å². The maximum Gasteiger partial charge on any atom is 0.139 e. The highest BCUT2D eigenvalue weighted by molar-refractivity contribution is 6.30. The van der Waals surface area contributed by atoms with Gasteiger partial charge in [-0.15, -0.1) is 0 Å².